The monoisotopic (exact) mass is 282 g/mol. The molecular weight excluding hydrogens is 260 g/mol. The van der Waals surface area contributed by atoms with Crippen LogP contribution in [-0.2, 0) is 11.2 Å². The maximum absolute atomic E-state index is 11.1. The van der Waals surface area contributed by atoms with Crippen molar-refractivity contribution in [2.24, 2.45) is 5.92 Å². The first kappa shape index (κ1) is 14.8. The van der Waals surface area contributed by atoms with E-state index in [2.05, 4.69) is 32.1 Å². The van der Waals surface area contributed by atoms with Gasteiger partial charge in [0.15, 0.2) is 5.82 Å². The number of carbonyl (C=O) groups is 1. The van der Waals surface area contributed by atoms with Gasteiger partial charge >= 0.3 is 6.09 Å². The summed E-state index contributed by atoms with van der Waals surface area (Å²) in [5.41, 5.74) is 0. The maximum atomic E-state index is 11.1. The largest absolute Gasteiger partial charge is 0.453 e. The van der Waals surface area contributed by atoms with Gasteiger partial charge in [0.05, 0.1) is 7.11 Å². The van der Waals surface area contributed by atoms with Crippen LogP contribution in [0.4, 0.5) is 4.79 Å². The van der Waals surface area contributed by atoms with E-state index in [1.165, 1.54) is 7.11 Å². The van der Waals surface area contributed by atoms with Gasteiger partial charge in [-0.2, -0.15) is 4.98 Å². The molecule has 7 nitrogen and oxygen atoms in total. The van der Waals surface area contributed by atoms with E-state index in [4.69, 9.17) is 4.52 Å². The van der Waals surface area contributed by atoms with E-state index in [1.807, 2.05) is 0 Å². The molecule has 1 aliphatic heterocycles. The number of methoxy groups -OCH3 is 1. The minimum atomic E-state index is -0.507. The number of rotatable bonds is 4. The van der Waals surface area contributed by atoms with Crippen LogP contribution in [0.2, 0.25) is 0 Å². The number of amides is 1. The lowest BCUT2D eigenvalue weighted by molar-refractivity contribution is 0.165. The summed E-state index contributed by atoms with van der Waals surface area (Å²) in [6.07, 6.45) is 2.65. The lowest BCUT2D eigenvalue weighted by Crippen LogP contribution is -2.31. The van der Waals surface area contributed by atoms with E-state index in [0.29, 0.717) is 17.6 Å². The third kappa shape index (κ3) is 3.93. The number of hydrogen-bond donors (Lipinski definition) is 1. The fourth-order valence-electron chi connectivity index (χ4n) is 2.35. The van der Waals surface area contributed by atoms with Gasteiger partial charge in [-0.1, -0.05) is 5.16 Å². The quantitative estimate of drug-likeness (QED) is 0.898. The van der Waals surface area contributed by atoms with Gasteiger partial charge in [-0.25, -0.2) is 4.79 Å². The number of piperidine rings is 1. The average molecular weight is 282 g/mol. The Morgan fingerprint density at radius 2 is 2.25 bits per heavy atom. The Morgan fingerprint density at radius 1 is 1.55 bits per heavy atom. The number of aromatic nitrogens is 2. The van der Waals surface area contributed by atoms with Crippen LogP contribution >= 0.6 is 0 Å². The molecule has 1 aliphatic rings. The molecule has 0 saturated carbocycles. The number of hydrogen-bond acceptors (Lipinski definition) is 6. The van der Waals surface area contributed by atoms with Crippen molar-refractivity contribution < 1.29 is 14.1 Å². The third-order valence-electron chi connectivity index (χ3n) is 3.68. The summed E-state index contributed by atoms with van der Waals surface area (Å²) in [6, 6.07) is -0.346. The summed E-state index contributed by atoms with van der Waals surface area (Å²) < 4.78 is 9.73. The SMILES string of the molecule is COC(=O)NC(C)c1nc(CC2CCN(C)CC2)no1. The third-order valence-corrected chi connectivity index (χ3v) is 3.68. The van der Waals surface area contributed by atoms with Crippen LogP contribution < -0.4 is 5.32 Å². The number of ether oxygens (including phenoxy) is 1. The second kappa shape index (κ2) is 6.69. The fraction of sp³-hybridized carbons (Fsp3) is 0.769. The predicted molar refractivity (Wildman–Crippen MR) is 72.2 cm³/mol. The fourth-order valence-corrected chi connectivity index (χ4v) is 2.35. The number of carbonyl (C=O) groups excluding carboxylic acids is 1. The molecule has 0 aromatic carbocycles. The summed E-state index contributed by atoms with van der Waals surface area (Å²) in [7, 11) is 3.46. The highest BCUT2D eigenvalue weighted by molar-refractivity contribution is 5.67. The van der Waals surface area contributed by atoms with Crippen molar-refractivity contribution in [3.05, 3.63) is 11.7 Å². The van der Waals surface area contributed by atoms with Crippen molar-refractivity contribution >= 4 is 6.09 Å². The Balaban J connectivity index is 1.87. The minimum absolute atomic E-state index is 0.346. The van der Waals surface area contributed by atoms with Crippen LogP contribution in [0.15, 0.2) is 4.52 Å². The molecule has 1 unspecified atom stereocenters. The average Bonchev–Trinajstić information content (AvgIpc) is 2.90. The summed E-state index contributed by atoms with van der Waals surface area (Å²) >= 11 is 0. The van der Waals surface area contributed by atoms with Crippen molar-refractivity contribution in [2.45, 2.75) is 32.2 Å². The van der Waals surface area contributed by atoms with Gasteiger partial charge in [0.1, 0.15) is 6.04 Å². The first-order chi connectivity index (χ1) is 9.58. The molecule has 1 atom stereocenters. The minimum Gasteiger partial charge on any atom is -0.453 e. The zero-order chi connectivity index (χ0) is 14.5. The lowest BCUT2D eigenvalue weighted by Gasteiger charge is -2.28. The van der Waals surface area contributed by atoms with Crippen LogP contribution in [0.5, 0.6) is 0 Å². The second-order valence-electron chi connectivity index (χ2n) is 5.36. The molecule has 0 aliphatic carbocycles. The van der Waals surface area contributed by atoms with Crippen molar-refractivity contribution in [2.75, 3.05) is 27.2 Å². The van der Waals surface area contributed by atoms with E-state index in [-0.39, 0.29) is 6.04 Å². The number of nitrogens with one attached hydrogen (secondary N) is 1. The first-order valence-electron chi connectivity index (χ1n) is 6.94. The lowest BCUT2D eigenvalue weighted by atomic mass is 9.94. The van der Waals surface area contributed by atoms with Gasteiger partial charge in [0, 0.05) is 6.42 Å². The highest BCUT2D eigenvalue weighted by Crippen LogP contribution is 2.20. The molecule has 0 bridgehead atoms. The Bertz CT molecular complexity index is 441. The molecule has 0 radical (unpaired) electrons. The van der Waals surface area contributed by atoms with E-state index in [1.54, 1.807) is 6.92 Å². The molecule has 2 heterocycles. The molecule has 1 aromatic rings. The van der Waals surface area contributed by atoms with Crippen molar-refractivity contribution in [1.82, 2.24) is 20.4 Å². The van der Waals surface area contributed by atoms with Gasteiger partial charge in [-0.3, -0.25) is 0 Å². The van der Waals surface area contributed by atoms with E-state index < -0.39 is 6.09 Å². The molecule has 1 N–H and O–H groups in total. The topological polar surface area (TPSA) is 80.5 Å². The normalized spacial score (nSPS) is 18.8. The molecule has 2 rings (SSSR count). The van der Waals surface area contributed by atoms with Crippen molar-refractivity contribution in [1.29, 1.82) is 0 Å². The number of likely N-dealkylation sites (tertiary alicyclic amines) is 1. The number of alkyl carbamates (subject to hydrolysis) is 1. The second-order valence-corrected chi connectivity index (χ2v) is 5.36. The molecule has 1 amide bonds. The standard InChI is InChI=1S/C13H22N4O3/c1-9(14-13(18)19-3)12-15-11(16-20-12)8-10-4-6-17(2)7-5-10/h9-10H,4-8H2,1-3H3,(H,14,18). The van der Waals surface area contributed by atoms with Crippen LogP contribution in [0.1, 0.15) is 37.5 Å². The zero-order valence-electron chi connectivity index (χ0n) is 12.3. The Labute approximate surface area is 118 Å². The van der Waals surface area contributed by atoms with Crippen LogP contribution in [0.25, 0.3) is 0 Å². The highest BCUT2D eigenvalue weighted by Gasteiger charge is 2.21. The molecule has 1 aromatic heterocycles. The molecule has 0 spiro atoms. The Morgan fingerprint density at radius 3 is 2.90 bits per heavy atom. The van der Waals surface area contributed by atoms with E-state index >= 15 is 0 Å². The molecule has 1 saturated heterocycles. The molecule has 112 valence electrons. The summed E-state index contributed by atoms with van der Waals surface area (Å²) in [5, 5.41) is 6.60. The maximum Gasteiger partial charge on any atom is 0.407 e. The van der Waals surface area contributed by atoms with E-state index in [0.717, 1.165) is 32.4 Å². The number of nitrogens with zero attached hydrogens (tertiary/aromatic N) is 3. The Kier molecular flexibility index (Phi) is 4.94. The van der Waals surface area contributed by atoms with Gasteiger partial charge < -0.3 is 19.5 Å². The van der Waals surface area contributed by atoms with Gasteiger partial charge in [-0.15, -0.1) is 0 Å². The smallest absolute Gasteiger partial charge is 0.407 e. The summed E-state index contributed by atoms with van der Waals surface area (Å²) in [4.78, 5) is 17.8. The van der Waals surface area contributed by atoms with Gasteiger partial charge in [0.25, 0.3) is 0 Å². The van der Waals surface area contributed by atoms with E-state index in [9.17, 15) is 4.79 Å². The van der Waals surface area contributed by atoms with Gasteiger partial charge in [-0.05, 0) is 45.8 Å². The molecule has 7 heteroatoms. The van der Waals surface area contributed by atoms with Crippen molar-refractivity contribution in [3.8, 4) is 0 Å². The highest BCUT2D eigenvalue weighted by atomic mass is 16.5. The van der Waals surface area contributed by atoms with Crippen LogP contribution in [-0.4, -0.2) is 48.4 Å². The molecular formula is C13H22N4O3. The van der Waals surface area contributed by atoms with Gasteiger partial charge in [0.2, 0.25) is 5.89 Å². The molecule has 1 fully saturated rings. The first-order valence-corrected chi connectivity index (χ1v) is 6.94. The van der Waals surface area contributed by atoms with Crippen LogP contribution in [0.3, 0.4) is 0 Å². The van der Waals surface area contributed by atoms with Crippen LogP contribution in [0, 0.1) is 5.92 Å². The summed E-state index contributed by atoms with van der Waals surface area (Å²) in [6.45, 7) is 4.02. The predicted octanol–water partition coefficient (Wildman–Crippen LogP) is 1.37. The Hall–Kier alpha value is -1.63. The van der Waals surface area contributed by atoms with Crippen molar-refractivity contribution in [3.63, 3.8) is 0 Å². The zero-order valence-corrected chi connectivity index (χ0v) is 12.3. The summed E-state index contributed by atoms with van der Waals surface area (Å²) in [5.74, 6) is 1.74. The molecule has 20 heavy (non-hydrogen) atoms.